The molecule has 0 amide bonds. The zero-order valence-corrected chi connectivity index (χ0v) is 13.9. The summed E-state index contributed by atoms with van der Waals surface area (Å²) < 4.78 is 6.55. The first kappa shape index (κ1) is 16.7. The number of nitrogens with one attached hydrogen (secondary N) is 1. The quantitative estimate of drug-likeness (QED) is 0.691. The van der Waals surface area contributed by atoms with Gasteiger partial charge in [0.15, 0.2) is 0 Å². The van der Waals surface area contributed by atoms with Crippen molar-refractivity contribution in [2.45, 2.75) is 39.2 Å². The third kappa shape index (κ3) is 7.09. The van der Waals surface area contributed by atoms with Crippen molar-refractivity contribution in [1.29, 1.82) is 0 Å². The smallest absolute Gasteiger partial charge is 0.0546 e. The fourth-order valence-corrected chi connectivity index (χ4v) is 2.51. The normalized spacial score (nSPS) is 14.3. The minimum atomic E-state index is 0.323. The molecule has 0 saturated carbocycles. The van der Waals surface area contributed by atoms with Crippen molar-refractivity contribution < 1.29 is 4.74 Å². The topological polar surface area (TPSA) is 21.3 Å². The van der Waals surface area contributed by atoms with Gasteiger partial charge >= 0.3 is 0 Å². The first-order valence-electron chi connectivity index (χ1n) is 7.13. The van der Waals surface area contributed by atoms with E-state index in [1.54, 1.807) is 7.11 Å². The highest BCUT2D eigenvalue weighted by Gasteiger charge is 2.13. The maximum Gasteiger partial charge on any atom is 0.0546 e. The van der Waals surface area contributed by atoms with Gasteiger partial charge in [-0.3, -0.25) is 0 Å². The van der Waals surface area contributed by atoms with Gasteiger partial charge in [0, 0.05) is 11.6 Å². The van der Waals surface area contributed by atoms with E-state index < -0.39 is 0 Å². The molecular formula is C16H26BrNO. The zero-order chi connectivity index (χ0) is 14.1. The molecule has 0 aliphatic carbocycles. The van der Waals surface area contributed by atoms with Gasteiger partial charge in [-0.15, -0.1) is 0 Å². The van der Waals surface area contributed by atoms with Gasteiger partial charge in [0.05, 0.1) is 6.10 Å². The van der Waals surface area contributed by atoms with E-state index in [4.69, 9.17) is 4.74 Å². The molecule has 2 unspecified atom stereocenters. The Labute approximate surface area is 126 Å². The Morgan fingerprint density at radius 1 is 1.26 bits per heavy atom. The van der Waals surface area contributed by atoms with E-state index in [0.717, 1.165) is 30.4 Å². The summed E-state index contributed by atoms with van der Waals surface area (Å²) in [6.45, 7) is 6.51. The maximum atomic E-state index is 5.41. The van der Waals surface area contributed by atoms with Crippen LogP contribution in [-0.4, -0.2) is 26.3 Å². The SMILES string of the molecule is CCCNCC(Cc1ccc(Br)cc1)CC(C)OC. The average molecular weight is 328 g/mol. The predicted molar refractivity (Wildman–Crippen MR) is 85.6 cm³/mol. The first-order chi connectivity index (χ1) is 9.15. The van der Waals surface area contributed by atoms with E-state index in [2.05, 4.69) is 59.4 Å². The molecule has 1 N–H and O–H groups in total. The summed E-state index contributed by atoms with van der Waals surface area (Å²) >= 11 is 3.48. The van der Waals surface area contributed by atoms with Crippen LogP contribution in [0.4, 0.5) is 0 Å². The second kappa shape index (κ2) is 9.51. The predicted octanol–water partition coefficient (Wildman–Crippen LogP) is 4.03. The number of methoxy groups -OCH3 is 1. The van der Waals surface area contributed by atoms with Gasteiger partial charge in [0.25, 0.3) is 0 Å². The van der Waals surface area contributed by atoms with E-state index in [1.165, 1.54) is 12.0 Å². The molecule has 0 bridgehead atoms. The van der Waals surface area contributed by atoms with Crippen LogP contribution in [0.25, 0.3) is 0 Å². The Morgan fingerprint density at radius 3 is 2.53 bits per heavy atom. The Hall–Kier alpha value is -0.380. The standard InChI is InChI=1S/C16H26BrNO/c1-4-9-18-12-15(10-13(2)19-3)11-14-5-7-16(17)8-6-14/h5-8,13,15,18H,4,9-12H2,1-3H3. The van der Waals surface area contributed by atoms with E-state index >= 15 is 0 Å². The van der Waals surface area contributed by atoms with Gasteiger partial charge in [0.2, 0.25) is 0 Å². The third-order valence-corrected chi connectivity index (χ3v) is 3.89. The van der Waals surface area contributed by atoms with Crippen LogP contribution in [0.5, 0.6) is 0 Å². The number of benzene rings is 1. The Kier molecular flexibility index (Phi) is 8.35. The number of halogens is 1. The average Bonchev–Trinajstić information content (AvgIpc) is 2.41. The molecule has 0 aromatic heterocycles. The van der Waals surface area contributed by atoms with Crippen LogP contribution >= 0.6 is 15.9 Å². The lowest BCUT2D eigenvalue weighted by molar-refractivity contribution is 0.0946. The van der Waals surface area contributed by atoms with Crippen molar-refractivity contribution in [3.05, 3.63) is 34.3 Å². The summed E-state index contributed by atoms with van der Waals surface area (Å²) in [6, 6.07) is 8.64. The number of hydrogen-bond acceptors (Lipinski definition) is 2. The fraction of sp³-hybridized carbons (Fsp3) is 0.625. The molecule has 0 fully saturated rings. The van der Waals surface area contributed by atoms with Gasteiger partial charge in [-0.25, -0.2) is 0 Å². The molecule has 0 heterocycles. The molecule has 3 heteroatoms. The van der Waals surface area contributed by atoms with Crippen LogP contribution in [0.3, 0.4) is 0 Å². The Bertz CT molecular complexity index is 339. The summed E-state index contributed by atoms with van der Waals surface area (Å²) in [5, 5.41) is 3.53. The van der Waals surface area contributed by atoms with Crippen LogP contribution < -0.4 is 5.32 Å². The Balaban J connectivity index is 2.53. The Morgan fingerprint density at radius 2 is 1.95 bits per heavy atom. The number of rotatable bonds is 9. The number of hydrogen-bond donors (Lipinski definition) is 1. The highest BCUT2D eigenvalue weighted by Crippen LogP contribution is 2.17. The van der Waals surface area contributed by atoms with Gasteiger partial charge in [-0.2, -0.15) is 0 Å². The van der Waals surface area contributed by atoms with E-state index in [9.17, 15) is 0 Å². The summed E-state index contributed by atoms with van der Waals surface area (Å²) in [7, 11) is 1.79. The van der Waals surface area contributed by atoms with Crippen LogP contribution in [0.1, 0.15) is 32.3 Å². The maximum absolute atomic E-state index is 5.41. The summed E-state index contributed by atoms with van der Waals surface area (Å²) in [4.78, 5) is 0. The van der Waals surface area contributed by atoms with E-state index in [0.29, 0.717) is 12.0 Å². The summed E-state index contributed by atoms with van der Waals surface area (Å²) in [6.07, 6.45) is 3.72. The van der Waals surface area contributed by atoms with Crippen molar-refractivity contribution in [2.75, 3.05) is 20.2 Å². The molecule has 0 radical (unpaired) electrons. The summed E-state index contributed by atoms with van der Waals surface area (Å²) in [5.41, 5.74) is 1.40. The molecule has 0 saturated heterocycles. The molecule has 0 aliphatic heterocycles. The number of ether oxygens (including phenoxy) is 1. The second-order valence-corrected chi connectivity index (χ2v) is 6.10. The minimum absolute atomic E-state index is 0.323. The molecule has 2 nitrogen and oxygen atoms in total. The molecule has 0 aliphatic rings. The van der Waals surface area contributed by atoms with Crippen molar-refractivity contribution in [2.24, 2.45) is 5.92 Å². The zero-order valence-electron chi connectivity index (χ0n) is 12.3. The molecule has 1 rings (SSSR count). The van der Waals surface area contributed by atoms with Crippen LogP contribution in [0.15, 0.2) is 28.7 Å². The van der Waals surface area contributed by atoms with Crippen LogP contribution in [0.2, 0.25) is 0 Å². The molecule has 1 aromatic rings. The lowest BCUT2D eigenvalue weighted by atomic mass is 9.94. The monoisotopic (exact) mass is 327 g/mol. The van der Waals surface area contributed by atoms with Gasteiger partial charge in [0.1, 0.15) is 0 Å². The van der Waals surface area contributed by atoms with E-state index in [-0.39, 0.29) is 0 Å². The molecule has 19 heavy (non-hydrogen) atoms. The highest BCUT2D eigenvalue weighted by molar-refractivity contribution is 9.10. The van der Waals surface area contributed by atoms with Crippen LogP contribution in [-0.2, 0) is 11.2 Å². The second-order valence-electron chi connectivity index (χ2n) is 5.18. The molecular weight excluding hydrogens is 302 g/mol. The molecule has 1 aromatic carbocycles. The summed E-state index contributed by atoms with van der Waals surface area (Å²) in [5.74, 6) is 0.627. The fourth-order valence-electron chi connectivity index (χ4n) is 2.24. The highest BCUT2D eigenvalue weighted by atomic mass is 79.9. The lowest BCUT2D eigenvalue weighted by Crippen LogP contribution is -2.27. The van der Waals surface area contributed by atoms with Crippen molar-refractivity contribution in [3.63, 3.8) is 0 Å². The first-order valence-corrected chi connectivity index (χ1v) is 7.93. The van der Waals surface area contributed by atoms with Crippen molar-refractivity contribution in [1.82, 2.24) is 5.32 Å². The van der Waals surface area contributed by atoms with Gasteiger partial charge in [-0.05, 0) is 62.9 Å². The molecule has 0 spiro atoms. The van der Waals surface area contributed by atoms with Gasteiger partial charge in [-0.1, -0.05) is 35.0 Å². The molecule has 108 valence electrons. The third-order valence-electron chi connectivity index (χ3n) is 3.37. The van der Waals surface area contributed by atoms with Crippen molar-refractivity contribution in [3.8, 4) is 0 Å². The van der Waals surface area contributed by atoms with E-state index in [1.807, 2.05) is 0 Å². The minimum Gasteiger partial charge on any atom is -0.382 e. The van der Waals surface area contributed by atoms with Crippen LogP contribution in [0, 0.1) is 5.92 Å². The lowest BCUT2D eigenvalue weighted by Gasteiger charge is -2.21. The van der Waals surface area contributed by atoms with Crippen molar-refractivity contribution >= 4 is 15.9 Å². The molecule has 2 atom stereocenters. The van der Waals surface area contributed by atoms with Gasteiger partial charge < -0.3 is 10.1 Å². The largest absolute Gasteiger partial charge is 0.382 e.